The molecular formula is C14H19F3N2OS. The Bertz CT molecular complexity index is 492. The van der Waals surface area contributed by atoms with Crippen LogP contribution >= 0.6 is 11.8 Å². The second-order valence-corrected chi connectivity index (χ2v) is 5.45. The third-order valence-corrected chi connectivity index (χ3v) is 3.79. The molecule has 1 aromatic carbocycles. The highest BCUT2D eigenvalue weighted by molar-refractivity contribution is 7.98. The van der Waals surface area contributed by atoms with Crippen molar-refractivity contribution >= 4 is 23.4 Å². The van der Waals surface area contributed by atoms with Gasteiger partial charge in [0.1, 0.15) is 0 Å². The molecule has 0 saturated heterocycles. The minimum atomic E-state index is -4.47. The second kappa shape index (κ2) is 7.59. The Morgan fingerprint density at radius 3 is 2.52 bits per heavy atom. The van der Waals surface area contributed by atoms with Gasteiger partial charge in [-0.05, 0) is 30.9 Å². The van der Waals surface area contributed by atoms with Crippen molar-refractivity contribution in [2.75, 3.05) is 24.4 Å². The van der Waals surface area contributed by atoms with Gasteiger partial charge in [0.2, 0.25) is 0 Å². The van der Waals surface area contributed by atoms with Crippen molar-refractivity contribution in [3.8, 4) is 0 Å². The van der Waals surface area contributed by atoms with Gasteiger partial charge < -0.3 is 10.6 Å². The van der Waals surface area contributed by atoms with E-state index in [1.54, 1.807) is 18.8 Å². The standard InChI is InChI=1S/C14H19F3N2OS/c1-4-10(8-21-3)19-13(20)11-7-9(14(15,16)17)5-6-12(11)18-2/h5-7,10,18H,4,8H2,1-3H3,(H,19,20). The van der Waals surface area contributed by atoms with Crippen LogP contribution < -0.4 is 10.6 Å². The van der Waals surface area contributed by atoms with Gasteiger partial charge >= 0.3 is 6.18 Å². The molecule has 2 N–H and O–H groups in total. The van der Waals surface area contributed by atoms with Crippen LogP contribution in [0.5, 0.6) is 0 Å². The zero-order valence-corrected chi connectivity index (χ0v) is 13.0. The van der Waals surface area contributed by atoms with Crippen molar-refractivity contribution in [3.05, 3.63) is 29.3 Å². The largest absolute Gasteiger partial charge is 0.416 e. The average Bonchev–Trinajstić information content (AvgIpc) is 2.44. The van der Waals surface area contributed by atoms with E-state index in [0.29, 0.717) is 5.69 Å². The molecule has 1 rings (SSSR count). The number of hydrogen-bond donors (Lipinski definition) is 2. The number of thioether (sulfide) groups is 1. The van der Waals surface area contributed by atoms with Gasteiger partial charge in [-0.25, -0.2) is 0 Å². The number of carbonyl (C=O) groups excluding carboxylic acids is 1. The lowest BCUT2D eigenvalue weighted by Gasteiger charge is -2.18. The molecule has 3 nitrogen and oxygen atoms in total. The fourth-order valence-electron chi connectivity index (χ4n) is 1.85. The molecule has 1 atom stereocenters. The van der Waals surface area contributed by atoms with Crippen molar-refractivity contribution in [2.24, 2.45) is 0 Å². The smallest absolute Gasteiger partial charge is 0.387 e. The molecule has 1 amide bonds. The molecule has 0 fully saturated rings. The first-order valence-electron chi connectivity index (χ1n) is 6.52. The molecule has 0 aliphatic carbocycles. The van der Waals surface area contributed by atoms with E-state index >= 15 is 0 Å². The molecule has 0 bridgehead atoms. The van der Waals surface area contributed by atoms with Gasteiger partial charge in [0.25, 0.3) is 5.91 Å². The number of halogens is 3. The summed E-state index contributed by atoms with van der Waals surface area (Å²) in [6.45, 7) is 1.92. The molecule has 0 aromatic heterocycles. The van der Waals surface area contributed by atoms with Crippen LogP contribution in [-0.4, -0.2) is 31.0 Å². The van der Waals surface area contributed by atoms with Crippen molar-refractivity contribution < 1.29 is 18.0 Å². The summed E-state index contributed by atoms with van der Waals surface area (Å²) in [7, 11) is 1.57. The van der Waals surface area contributed by atoms with Crippen LogP contribution in [0, 0.1) is 0 Å². The summed E-state index contributed by atoms with van der Waals surface area (Å²) in [5, 5.41) is 5.52. The van der Waals surface area contributed by atoms with Crippen LogP contribution in [0.15, 0.2) is 18.2 Å². The van der Waals surface area contributed by atoms with Gasteiger partial charge in [0, 0.05) is 24.5 Å². The molecule has 0 saturated carbocycles. The summed E-state index contributed by atoms with van der Waals surface area (Å²) >= 11 is 1.58. The van der Waals surface area contributed by atoms with Crippen molar-refractivity contribution in [1.29, 1.82) is 0 Å². The Morgan fingerprint density at radius 1 is 1.38 bits per heavy atom. The molecule has 7 heteroatoms. The number of anilines is 1. The van der Waals surface area contributed by atoms with E-state index in [9.17, 15) is 18.0 Å². The van der Waals surface area contributed by atoms with E-state index in [0.717, 1.165) is 24.3 Å². The number of nitrogens with one attached hydrogen (secondary N) is 2. The summed E-state index contributed by atoms with van der Waals surface area (Å²) in [6.07, 6.45) is -1.83. The third-order valence-electron chi connectivity index (χ3n) is 3.06. The lowest BCUT2D eigenvalue weighted by Crippen LogP contribution is -2.36. The first-order chi connectivity index (χ1) is 9.83. The predicted molar refractivity (Wildman–Crippen MR) is 80.9 cm³/mol. The lowest BCUT2D eigenvalue weighted by molar-refractivity contribution is -0.137. The lowest BCUT2D eigenvalue weighted by atomic mass is 10.1. The molecule has 0 radical (unpaired) electrons. The first kappa shape index (κ1) is 17.7. The van der Waals surface area contributed by atoms with Gasteiger partial charge in [-0.15, -0.1) is 0 Å². The van der Waals surface area contributed by atoms with E-state index in [2.05, 4.69) is 10.6 Å². The van der Waals surface area contributed by atoms with Gasteiger partial charge in [-0.3, -0.25) is 4.79 Å². The average molecular weight is 320 g/mol. The summed E-state index contributed by atoms with van der Waals surface area (Å²) in [6, 6.07) is 3.05. The Kier molecular flexibility index (Phi) is 6.39. The van der Waals surface area contributed by atoms with E-state index < -0.39 is 17.6 Å². The highest BCUT2D eigenvalue weighted by Gasteiger charge is 2.31. The number of benzene rings is 1. The molecule has 0 aliphatic rings. The van der Waals surface area contributed by atoms with Gasteiger partial charge in [-0.1, -0.05) is 6.92 Å². The zero-order valence-electron chi connectivity index (χ0n) is 12.2. The zero-order chi connectivity index (χ0) is 16.0. The molecule has 0 heterocycles. The van der Waals surface area contributed by atoms with Crippen molar-refractivity contribution in [2.45, 2.75) is 25.6 Å². The van der Waals surface area contributed by atoms with Crippen LogP contribution in [0.1, 0.15) is 29.3 Å². The summed E-state index contributed by atoms with van der Waals surface area (Å²) in [5.41, 5.74) is -0.448. The highest BCUT2D eigenvalue weighted by Crippen LogP contribution is 2.31. The van der Waals surface area contributed by atoms with Crippen molar-refractivity contribution in [3.63, 3.8) is 0 Å². The maximum atomic E-state index is 12.8. The molecule has 118 valence electrons. The number of rotatable bonds is 6. The quantitative estimate of drug-likeness (QED) is 0.841. The maximum absolute atomic E-state index is 12.8. The molecule has 1 aromatic rings. The second-order valence-electron chi connectivity index (χ2n) is 4.54. The normalized spacial score (nSPS) is 12.9. The SMILES string of the molecule is CCC(CSC)NC(=O)c1cc(C(F)(F)F)ccc1NC. The summed E-state index contributed by atoms with van der Waals surface area (Å²) < 4.78 is 38.3. The highest BCUT2D eigenvalue weighted by atomic mass is 32.2. The van der Waals surface area contributed by atoms with Crippen LogP contribution in [0.3, 0.4) is 0 Å². The van der Waals surface area contributed by atoms with Crippen LogP contribution in [0.25, 0.3) is 0 Å². The van der Waals surface area contributed by atoms with E-state index in [4.69, 9.17) is 0 Å². The molecule has 21 heavy (non-hydrogen) atoms. The first-order valence-corrected chi connectivity index (χ1v) is 7.91. The number of amides is 1. The van der Waals surface area contributed by atoms with Crippen LogP contribution in [0.4, 0.5) is 18.9 Å². The minimum Gasteiger partial charge on any atom is -0.387 e. The monoisotopic (exact) mass is 320 g/mol. The summed E-state index contributed by atoms with van der Waals surface area (Å²) in [5.74, 6) is 0.224. The van der Waals surface area contributed by atoms with Crippen molar-refractivity contribution in [1.82, 2.24) is 5.32 Å². The van der Waals surface area contributed by atoms with Crippen LogP contribution in [-0.2, 0) is 6.18 Å². The predicted octanol–water partition coefficient (Wildman–Crippen LogP) is 3.62. The Morgan fingerprint density at radius 2 is 2.05 bits per heavy atom. The Hall–Kier alpha value is -1.37. The topological polar surface area (TPSA) is 41.1 Å². The van der Waals surface area contributed by atoms with E-state index in [1.165, 1.54) is 6.07 Å². The minimum absolute atomic E-state index is 0.00637. The summed E-state index contributed by atoms with van der Waals surface area (Å²) in [4.78, 5) is 12.2. The van der Waals surface area contributed by atoms with E-state index in [-0.39, 0.29) is 11.6 Å². The molecule has 0 aliphatic heterocycles. The molecule has 0 spiro atoms. The fraction of sp³-hybridized carbons (Fsp3) is 0.500. The third kappa shape index (κ3) is 4.84. The number of hydrogen-bond acceptors (Lipinski definition) is 3. The number of carbonyl (C=O) groups is 1. The van der Waals surface area contributed by atoms with Gasteiger partial charge in [0.15, 0.2) is 0 Å². The molecular weight excluding hydrogens is 301 g/mol. The molecule has 1 unspecified atom stereocenters. The Labute approximate surface area is 126 Å². The fourth-order valence-corrected chi connectivity index (χ4v) is 2.57. The van der Waals surface area contributed by atoms with Crippen LogP contribution in [0.2, 0.25) is 0 Å². The maximum Gasteiger partial charge on any atom is 0.416 e. The Balaban J connectivity index is 3.06. The van der Waals surface area contributed by atoms with Gasteiger partial charge in [-0.2, -0.15) is 24.9 Å². The van der Waals surface area contributed by atoms with E-state index in [1.807, 2.05) is 13.2 Å². The van der Waals surface area contributed by atoms with Gasteiger partial charge in [0.05, 0.1) is 11.1 Å². The number of alkyl halides is 3.